The maximum absolute atomic E-state index is 12.8. The van der Waals surface area contributed by atoms with Crippen molar-refractivity contribution in [2.45, 2.75) is 50.0 Å². The van der Waals surface area contributed by atoms with Crippen molar-refractivity contribution in [1.82, 2.24) is 15.1 Å². The fourth-order valence-corrected chi connectivity index (χ4v) is 5.46. The monoisotopic (exact) mass is 449 g/mol. The first kappa shape index (κ1) is 21.9. The minimum absolute atomic E-state index is 0.0283. The first-order valence-corrected chi connectivity index (χ1v) is 12.0. The van der Waals surface area contributed by atoms with Crippen LogP contribution in [0, 0.1) is 0 Å². The third kappa shape index (κ3) is 4.47. The van der Waals surface area contributed by atoms with Crippen LogP contribution in [0.5, 0.6) is 5.75 Å². The van der Waals surface area contributed by atoms with Gasteiger partial charge in [-0.2, -0.15) is 0 Å². The van der Waals surface area contributed by atoms with E-state index in [9.17, 15) is 14.4 Å². The highest BCUT2D eigenvalue weighted by Gasteiger charge is 2.50. The third-order valence-electron chi connectivity index (χ3n) is 7.32. The van der Waals surface area contributed by atoms with E-state index in [-0.39, 0.29) is 23.7 Å². The molecule has 1 aromatic rings. The summed E-state index contributed by atoms with van der Waals surface area (Å²) in [5.41, 5.74) is 1.40. The number of carbonyl (C=O) groups is 3. The lowest BCUT2D eigenvalue weighted by molar-refractivity contribution is -0.130. The van der Waals surface area contributed by atoms with Crippen molar-refractivity contribution in [3.8, 4) is 5.75 Å². The van der Waals surface area contributed by atoms with Crippen LogP contribution in [0.25, 0.3) is 6.08 Å². The summed E-state index contributed by atoms with van der Waals surface area (Å²) in [6.07, 6.45) is 11.0. The Morgan fingerprint density at radius 1 is 1.00 bits per heavy atom. The fourth-order valence-electron chi connectivity index (χ4n) is 5.46. The molecular formula is C26H31N3O4. The first-order chi connectivity index (χ1) is 16.0. The second-order valence-corrected chi connectivity index (χ2v) is 9.52. The Kier molecular flexibility index (Phi) is 6.06. The highest BCUT2D eigenvalue weighted by atomic mass is 16.5. The van der Waals surface area contributed by atoms with Gasteiger partial charge in [0, 0.05) is 44.1 Å². The maximum atomic E-state index is 12.8. The Bertz CT molecular complexity index is 1020. The lowest BCUT2D eigenvalue weighted by atomic mass is 9.68. The number of benzene rings is 1. The lowest BCUT2D eigenvalue weighted by Gasteiger charge is -2.35. The molecule has 7 nitrogen and oxygen atoms in total. The molecule has 5 rings (SSSR count). The molecule has 4 bridgehead atoms. The molecule has 2 fully saturated rings. The number of ketones is 1. The van der Waals surface area contributed by atoms with Crippen molar-refractivity contribution in [2.75, 3.05) is 32.8 Å². The molecule has 4 aliphatic rings. The molecule has 0 radical (unpaired) electrons. The maximum Gasteiger partial charge on any atom is 0.247 e. The summed E-state index contributed by atoms with van der Waals surface area (Å²) in [6, 6.07) is 5.90. The average Bonchev–Trinajstić information content (AvgIpc) is 3.13. The van der Waals surface area contributed by atoms with E-state index in [1.54, 1.807) is 12.2 Å². The largest absolute Gasteiger partial charge is 0.488 e. The van der Waals surface area contributed by atoms with Crippen molar-refractivity contribution >= 4 is 23.7 Å². The Morgan fingerprint density at radius 2 is 1.88 bits per heavy atom. The van der Waals surface area contributed by atoms with Crippen LogP contribution in [-0.4, -0.2) is 66.3 Å². The summed E-state index contributed by atoms with van der Waals surface area (Å²) >= 11 is 0. The lowest BCUT2D eigenvalue weighted by Crippen LogP contribution is -2.47. The molecule has 1 saturated heterocycles. The van der Waals surface area contributed by atoms with Gasteiger partial charge in [-0.25, -0.2) is 0 Å². The van der Waals surface area contributed by atoms with Gasteiger partial charge in [0.15, 0.2) is 0 Å². The molecular weight excluding hydrogens is 418 g/mol. The van der Waals surface area contributed by atoms with E-state index in [1.165, 1.54) is 0 Å². The Morgan fingerprint density at radius 3 is 2.79 bits per heavy atom. The highest BCUT2D eigenvalue weighted by molar-refractivity contribution is 5.92. The van der Waals surface area contributed by atoms with Gasteiger partial charge in [-0.15, -0.1) is 0 Å². The predicted octanol–water partition coefficient (Wildman–Crippen LogP) is 2.41. The molecule has 3 aliphatic heterocycles. The van der Waals surface area contributed by atoms with Gasteiger partial charge < -0.3 is 15.0 Å². The van der Waals surface area contributed by atoms with Gasteiger partial charge in [-0.05, 0) is 62.1 Å². The van der Waals surface area contributed by atoms with Crippen molar-refractivity contribution in [2.24, 2.45) is 0 Å². The second kappa shape index (κ2) is 9.14. The van der Waals surface area contributed by atoms with Crippen LogP contribution >= 0.6 is 0 Å². The minimum atomic E-state index is -0.507. The number of hydrogen-bond acceptors (Lipinski definition) is 5. The van der Waals surface area contributed by atoms with Crippen LogP contribution in [0.4, 0.5) is 0 Å². The molecule has 33 heavy (non-hydrogen) atoms. The summed E-state index contributed by atoms with van der Waals surface area (Å²) in [5.74, 6) is 0.863. The fraction of sp³-hybridized carbons (Fsp3) is 0.500. The SMILES string of the molecule is O=C1CC[C@]23/C=C/C(=O)NCCCCN4CCCN(C4)C(=O)/C=C/c4ccc(c2c4)O[C@@H]3C1. The number of nitrogens with zero attached hydrogens (tertiary/aromatic N) is 2. The van der Waals surface area contributed by atoms with Gasteiger partial charge in [-0.3, -0.25) is 19.3 Å². The smallest absolute Gasteiger partial charge is 0.247 e. The van der Waals surface area contributed by atoms with E-state index in [1.807, 2.05) is 35.3 Å². The molecule has 1 saturated carbocycles. The van der Waals surface area contributed by atoms with Gasteiger partial charge in [0.05, 0.1) is 12.1 Å². The van der Waals surface area contributed by atoms with E-state index < -0.39 is 5.41 Å². The summed E-state index contributed by atoms with van der Waals surface area (Å²) < 4.78 is 6.19. The highest BCUT2D eigenvalue weighted by Crippen LogP contribution is 2.51. The zero-order valence-electron chi connectivity index (χ0n) is 18.9. The predicted molar refractivity (Wildman–Crippen MR) is 125 cm³/mol. The molecule has 3 atom stereocenters. The minimum Gasteiger partial charge on any atom is -0.488 e. The van der Waals surface area contributed by atoms with Crippen molar-refractivity contribution < 1.29 is 19.1 Å². The van der Waals surface area contributed by atoms with Gasteiger partial charge in [-0.1, -0.05) is 12.1 Å². The molecule has 1 spiro atoms. The Labute approximate surface area is 194 Å². The molecule has 2 amide bonds. The molecule has 7 heteroatoms. The molecule has 0 aromatic heterocycles. The van der Waals surface area contributed by atoms with Gasteiger partial charge >= 0.3 is 0 Å². The summed E-state index contributed by atoms with van der Waals surface area (Å²) in [5, 5.41) is 2.99. The van der Waals surface area contributed by atoms with Gasteiger partial charge in [0.2, 0.25) is 11.8 Å². The quantitative estimate of drug-likeness (QED) is 0.658. The van der Waals surface area contributed by atoms with Gasteiger partial charge in [0.25, 0.3) is 0 Å². The second-order valence-electron chi connectivity index (χ2n) is 9.52. The Hall–Kier alpha value is -2.93. The van der Waals surface area contributed by atoms with Crippen molar-refractivity contribution in [3.63, 3.8) is 0 Å². The summed E-state index contributed by atoms with van der Waals surface area (Å²) in [4.78, 5) is 41.8. The number of amides is 2. The standard InChI is InChI=1S/C26H31N3O4/c30-20-8-10-26-11-9-24(31)27-12-1-2-13-28-14-3-15-29(18-28)25(32)7-5-19-4-6-22(21(26)16-19)33-23(26)17-20/h4-7,9,11,16,23H,1-3,8,10,12-15,17-18H2,(H,27,31)/b7-5+,11-9+/t23-,26+/m1/s1. The topological polar surface area (TPSA) is 79.0 Å². The van der Waals surface area contributed by atoms with Crippen molar-refractivity contribution in [3.05, 3.63) is 47.6 Å². The summed E-state index contributed by atoms with van der Waals surface area (Å²) in [7, 11) is 0. The number of fused-ring (bicyclic) bond motifs is 3. The zero-order valence-corrected chi connectivity index (χ0v) is 18.9. The van der Waals surface area contributed by atoms with Crippen LogP contribution in [-0.2, 0) is 19.8 Å². The van der Waals surface area contributed by atoms with E-state index in [4.69, 9.17) is 4.74 Å². The molecule has 174 valence electrons. The molecule has 1 aliphatic carbocycles. The number of ether oxygens (including phenoxy) is 1. The number of hydrogen-bond donors (Lipinski definition) is 1. The van der Waals surface area contributed by atoms with E-state index >= 15 is 0 Å². The molecule has 1 N–H and O–H groups in total. The normalized spacial score (nSPS) is 32.1. The van der Waals surface area contributed by atoms with Gasteiger partial charge in [0.1, 0.15) is 17.6 Å². The van der Waals surface area contributed by atoms with Crippen LogP contribution in [0.3, 0.4) is 0 Å². The van der Waals surface area contributed by atoms with E-state index in [0.717, 1.165) is 55.8 Å². The third-order valence-corrected chi connectivity index (χ3v) is 7.32. The number of nitrogens with one attached hydrogen (secondary N) is 1. The molecule has 3 heterocycles. The summed E-state index contributed by atoms with van der Waals surface area (Å²) in [6.45, 7) is 3.96. The number of Topliss-reactive ketones (excluding diaryl/α,β-unsaturated/α-hetero) is 1. The molecule has 1 aromatic carbocycles. The first-order valence-electron chi connectivity index (χ1n) is 12.0. The van der Waals surface area contributed by atoms with Crippen LogP contribution in [0.15, 0.2) is 36.4 Å². The van der Waals surface area contributed by atoms with Crippen LogP contribution in [0.1, 0.15) is 49.7 Å². The van der Waals surface area contributed by atoms with E-state index in [2.05, 4.69) is 10.2 Å². The number of rotatable bonds is 0. The molecule has 1 unspecified atom stereocenters. The van der Waals surface area contributed by atoms with E-state index in [0.29, 0.717) is 32.5 Å². The number of carbonyl (C=O) groups excluding carboxylic acids is 3. The van der Waals surface area contributed by atoms with Crippen LogP contribution < -0.4 is 10.1 Å². The zero-order chi connectivity index (χ0) is 22.8. The van der Waals surface area contributed by atoms with Crippen LogP contribution in [0.2, 0.25) is 0 Å². The van der Waals surface area contributed by atoms with Crippen molar-refractivity contribution in [1.29, 1.82) is 0 Å². The average molecular weight is 450 g/mol. The Balaban J connectivity index is 1.49.